The molecule has 0 saturated heterocycles. The van der Waals surface area contributed by atoms with Crippen molar-refractivity contribution >= 4 is 5.91 Å². The van der Waals surface area contributed by atoms with Crippen LogP contribution >= 0.6 is 0 Å². The van der Waals surface area contributed by atoms with E-state index >= 15 is 0 Å². The average molecular weight is 460 g/mol. The van der Waals surface area contributed by atoms with Gasteiger partial charge in [-0.05, 0) is 71.9 Å². The van der Waals surface area contributed by atoms with Crippen molar-refractivity contribution < 1.29 is 18.7 Å². The summed E-state index contributed by atoms with van der Waals surface area (Å²) in [6, 6.07) is 22.6. The highest BCUT2D eigenvalue weighted by atomic mass is 19.1. The molecule has 3 aromatic rings. The molecule has 0 aromatic heterocycles. The number of carbonyl (C=O) groups is 1. The van der Waals surface area contributed by atoms with Crippen LogP contribution in [0.1, 0.15) is 30.9 Å². The molecule has 0 radical (unpaired) electrons. The molecule has 1 unspecified atom stereocenters. The quantitative estimate of drug-likeness (QED) is 0.408. The van der Waals surface area contributed by atoms with E-state index in [-0.39, 0.29) is 23.9 Å². The van der Waals surface area contributed by atoms with Crippen LogP contribution in [-0.2, 0) is 22.6 Å². The minimum atomic E-state index is -0.284. The maximum Gasteiger partial charge on any atom is 0.216 e. The Hall–Kier alpha value is -3.44. The van der Waals surface area contributed by atoms with Gasteiger partial charge in [0.25, 0.3) is 0 Å². The van der Waals surface area contributed by atoms with Crippen LogP contribution in [0.3, 0.4) is 0 Å². The number of amides is 1. The molecule has 0 fully saturated rings. The lowest BCUT2D eigenvalue weighted by Gasteiger charge is -2.24. The smallest absolute Gasteiger partial charge is 0.216 e. The van der Waals surface area contributed by atoms with E-state index in [1.165, 1.54) is 19.1 Å². The summed E-state index contributed by atoms with van der Waals surface area (Å²) >= 11 is 0. The summed E-state index contributed by atoms with van der Waals surface area (Å²) in [6.07, 6.45) is 6.57. The van der Waals surface area contributed by atoms with Gasteiger partial charge in [0.05, 0.1) is 12.7 Å². The summed E-state index contributed by atoms with van der Waals surface area (Å²) in [5.74, 6) is 0.386. The highest BCUT2D eigenvalue weighted by Crippen LogP contribution is 2.30. The molecule has 1 N–H and O–H groups in total. The molecule has 0 spiro atoms. The predicted octanol–water partition coefficient (Wildman–Crippen LogP) is 5.85. The Morgan fingerprint density at radius 3 is 2.50 bits per heavy atom. The lowest BCUT2D eigenvalue weighted by atomic mass is 9.97. The Labute approximate surface area is 200 Å². The van der Waals surface area contributed by atoms with E-state index in [2.05, 4.69) is 29.6 Å². The Morgan fingerprint density at radius 2 is 1.76 bits per heavy atom. The molecule has 3 aromatic carbocycles. The Morgan fingerprint density at radius 1 is 0.971 bits per heavy atom. The molecule has 0 heterocycles. The van der Waals surface area contributed by atoms with Crippen LogP contribution in [0.25, 0.3) is 11.1 Å². The zero-order valence-electron chi connectivity index (χ0n) is 19.4. The van der Waals surface area contributed by atoms with E-state index in [1.807, 2.05) is 42.5 Å². The molecule has 1 aliphatic carbocycles. The average Bonchev–Trinajstić information content (AvgIpc) is 2.85. The van der Waals surface area contributed by atoms with Gasteiger partial charge in [-0.2, -0.15) is 0 Å². The van der Waals surface area contributed by atoms with Gasteiger partial charge in [0.15, 0.2) is 0 Å². The van der Waals surface area contributed by atoms with Gasteiger partial charge in [-0.1, -0.05) is 54.6 Å². The number of carbonyl (C=O) groups excluding carboxylic acids is 1. The van der Waals surface area contributed by atoms with Crippen molar-refractivity contribution in [3.8, 4) is 16.9 Å². The van der Waals surface area contributed by atoms with Crippen molar-refractivity contribution in [2.75, 3.05) is 6.54 Å². The van der Waals surface area contributed by atoms with Crippen LogP contribution in [0, 0.1) is 5.82 Å². The van der Waals surface area contributed by atoms with Gasteiger partial charge < -0.3 is 14.8 Å². The zero-order chi connectivity index (χ0) is 23.8. The van der Waals surface area contributed by atoms with Crippen LogP contribution < -0.4 is 10.1 Å². The van der Waals surface area contributed by atoms with Gasteiger partial charge in [-0.15, -0.1) is 0 Å². The van der Waals surface area contributed by atoms with Crippen molar-refractivity contribution in [1.82, 2.24) is 5.32 Å². The fourth-order valence-electron chi connectivity index (χ4n) is 4.10. The number of ether oxygens (including phenoxy) is 2. The van der Waals surface area contributed by atoms with Gasteiger partial charge in [0.1, 0.15) is 17.7 Å². The number of benzene rings is 3. The van der Waals surface area contributed by atoms with Gasteiger partial charge >= 0.3 is 0 Å². The molecule has 1 aliphatic rings. The first-order valence-corrected chi connectivity index (χ1v) is 11.7. The fourth-order valence-corrected chi connectivity index (χ4v) is 4.10. The summed E-state index contributed by atoms with van der Waals surface area (Å²) < 4.78 is 26.2. The highest BCUT2D eigenvalue weighted by molar-refractivity contribution is 5.73. The molecular weight excluding hydrogens is 429 g/mol. The lowest BCUT2D eigenvalue weighted by molar-refractivity contribution is -0.118. The van der Waals surface area contributed by atoms with Crippen LogP contribution in [0.4, 0.5) is 4.39 Å². The van der Waals surface area contributed by atoms with E-state index < -0.39 is 0 Å². The number of halogens is 1. The molecule has 0 aliphatic heterocycles. The Kier molecular flexibility index (Phi) is 8.10. The second-order valence-corrected chi connectivity index (χ2v) is 8.52. The maximum absolute atomic E-state index is 13.9. The van der Waals surface area contributed by atoms with Gasteiger partial charge in [-0.3, -0.25) is 4.79 Å². The maximum atomic E-state index is 13.9. The van der Waals surface area contributed by atoms with E-state index in [0.717, 1.165) is 40.8 Å². The first-order chi connectivity index (χ1) is 16.6. The third-order valence-electron chi connectivity index (χ3n) is 5.86. The summed E-state index contributed by atoms with van der Waals surface area (Å²) in [6.45, 7) is 2.62. The standard InChI is InChI=1S/C29H30FNO3/c1-21(32)31-17-16-23-10-11-28(19-29(23)24-8-5-9-25(30)18-24)34-27-14-12-26(13-15-27)33-20-22-6-3-2-4-7-22/h2-12,14,18-19,26-27H,13,15-17,20H2,1H3,(H,31,32)/t26-,27?/m1/s1. The van der Waals surface area contributed by atoms with Crippen molar-refractivity contribution in [3.63, 3.8) is 0 Å². The summed E-state index contributed by atoms with van der Waals surface area (Å²) in [4.78, 5) is 11.2. The van der Waals surface area contributed by atoms with Gasteiger partial charge in [-0.25, -0.2) is 4.39 Å². The molecule has 176 valence electrons. The monoisotopic (exact) mass is 459 g/mol. The lowest BCUT2D eigenvalue weighted by Crippen LogP contribution is -2.23. The number of nitrogens with one attached hydrogen (secondary N) is 1. The minimum Gasteiger partial charge on any atom is -0.486 e. The van der Waals surface area contributed by atoms with Gasteiger partial charge in [0.2, 0.25) is 5.91 Å². The summed E-state index contributed by atoms with van der Waals surface area (Å²) in [5.41, 5.74) is 3.89. The Bertz CT molecular complexity index is 1130. The molecule has 5 heteroatoms. The number of hydrogen-bond donors (Lipinski definition) is 1. The fraction of sp³-hybridized carbons (Fsp3) is 0.276. The van der Waals surface area contributed by atoms with Crippen molar-refractivity contribution in [2.45, 2.75) is 45.0 Å². The van der Waals surface area contributed by atoms with E-state index in [4.69, 9.17) is 9.47 Å². The highest BCUT2D eigenvalue weighted by Gasteiger charge is 2.18. The van der Waals surface area contributed by atoms with Crippen LogP contribution in [0.2, 0.25) is 0 Å². The van der Waals surface area contributed by atoms with Gasteiger partial charge in [0, 0.05) is 13.5 Å². The number of rotatable bonds is 9. The molecule has 0 saturated carbocycles. The third kappa shape index (κ3) is 6.78. The van der Waals surface area contributed by atoms with Crippen molar-refractivity contribution in [1.29, 1.82) is 0 Å². The summed E-state index contributed by atoms with van der Waals surface area (Å²) in [5, 5.41) is 2.82. The largest absolute Gasteiger partial charge is 0.486 e. The third-order valence-corrected chi connectivity index (χ3v) is 5.86. The molecular formula is C29H30FNO3. The second-order valence-electron chi connectivity index (χ2n) is 8.52. The minimum absolute atomic E-state index is 0.0397. The molecule has 0 bridgehead atoms. The predicted molar refractivity (Wildman–Crippen MR) is 132 cm³/mol. The van der Waals surface area contributed by atoms with E-state index in [1.54, 1.807) is 6.07 Å². The normalized spacial score (nSPS) is 17.4. The first kappa shape index (κ1) is 23.7. The van der Waals surface area contributed by atoms with Crippen molar-refractivity contribution in [2.24, 2.45) is 0 Å². The first-order valence-electron chi connectivity index (χ1n) is 11.7. The van der Waals surface area contributed by atoms with Crippen molar-refractivity contribution in [3.05, 3.63) is 102 Å². The topological polar surface area (TPSA) is 47.6 Å². The molecule has 4 rings (SSSR count). The molecule has 34 heavy (non-hydrogen) atoms. The van der Waals surface area contributed by atoms with Crippen LogP contribution in [0.15, 0.2) is 84.9 Å². The SMILES string of the molecule is CC(=O)NCCc1ccc(OC2C=C[C@@H](OCc3ccccc3)CC2)cc1-c1cccc(F)c1. The van der Waals surface area contributed by atoms with Crippen LogP contribution in [0.5, 0.6) is 5.75 Å². The summed E-state index contributed by atoms with van der Waals surface area (Å²) in [7, 11) is 0. The molecule has 1 amide bonds. The Balaban J connectivity index is 1.42. The molecule has 4 nitrogen and oxygen atoms in total. The number of hydrogen-bond acceptors (Lipinski definition) is 3. The van der Waals surface area contributed by atoms with E-state index in [9.17, 15) is 9.18 Å². The van der Waals surface area contributed by atoms with E-state index in [0.29, 0.717) is 19.6 Å². The second kappa shape index (κ2) is 11.6. The molecule has 2 atom stereocenters. The van der Waals surface area contributed by atoms with Crippen LogP contribution in [-0.4, -0.2) is 24.7 Å². The zero-order valence-corrected chi connectivity index (χ0v) is 19.4.